The summed E-state index contributed by atoms with van der Waals surface area (Å²) in [6, 6.07) is 0. The van der Waals surface area contributed by atoms with Gasteiger partial charge in [0.1, 0.15) is 5.00 Å². The van der Waals surface area contributed by atoms with E-state index in [1.54, 1.807) is 0 Å². The normalized spacial score (nSPS) is 8.30. The zero-order valence-electron chi connectivity index (χ0n) is 6.51. The summed E-state index contributed by atoms with van der Waals surface area (Å²) in [6.07, 6.45) is 0. The molecule has 3 nitrogen and oxygen atoms in total. The second kappa shape index (κ2) is 4.11. The maximum absolute atomic E-state index is 5.37. The van der Waals surface area contributed by atoms with Gasteiger partial charge < -0.3 is 11.5 Å². The third-order valence-electron chi connectivity index (χ3n) is 0.788. The van der Waals surface area contributed by atoms with Crippen molar-refractivity contribution < 1.29 is 0 Å². The highest BCUT2D eigenvalue weighted by Gasteiger charge is 1.97. The summed E-state index contributed by atoms with van der Waals surface area (Å²) >= 11 is 1.41. The summed E-state index contributed by atoms with van der Waals surface area (Å²) in [4.78, 5) is 3.88. The van der Waals surface area contributed by atoms with Gasteiger partial charge in [-0.1, -0.05) is 13.8 Å². The topological polar surface area (TPSA) is 64.9 Å². The lowest BCUT2D eigenvalue weighted by Crippen LogP contribution is -1.89. The molecule has 0 radical (unpaired) electrons. The van der Waals surface area contributed by atoms with Crippen LogP contribution >= 0.6 is 11.3 Å². The van der Waals surface area contributed by atoms with Crippen LogP contribution in [0.3, 0.4) is 0 Å². The lowest BCUT2D eigenvalue weighted by Gasteiger charge is -1.79. The molecule has 4 N–H and O–H groups in total. The molecule has 0 unspecified atom stereocenters. The number of nitrogen functional groups attached to an aromatic ring is 2. The molecule has 4 heteroatoms. The minimum Gasteiger partial charge on any atom is -0.388 e. The summed E-state index contributed by atoms with van der Waals surface area (Å²) in [7, 11) is 0. The quantitative estimate of drug-likeness (QED) is 0.605. The Bertz CT molecular complexity index is 175. The molecule has 0 fully saturated rings. The largest absolute Gasteiger partial charge is 0.388 e. The SMILES string of the molecule is CC.Cc1nc(N)c(N)s1. The van der Waals surface area contributed by atoms with Gasteiger partial charge in [0.25, 0.3) is 0 Å². The average Bonchev–Trinajstić information content (AvgIpc) is 2.16. The van der Waals surface area contributed by atoms with E-state index in [1.165, 1.54) is 11.3 Å². The van der Waals surface area contributed by atoms with Crippen LogP contribution in [0.5, 0.6) is 0 Å². The lowest BCUT2D eigenvalue weighted by molar-refractivity contribution is 1.31. The van der Waals surface area contributed by atoms with E-state index in [9.17, 15) is 0 Å². The van der Waals surface area contributed by atoms with Crippen molar-refractivity contribution in [3.63, 3.8) is 0 Å². The Morgan fingerprint density at radius 3 is 1.90 bits per heavy atom. The van der Waals surface area contributed by atoms with E-state index in [0.29, 0.717) is 10.8 Å². The first-order valence-electron chi connectivity index (χ1n) is 3.18. The summed E-state index contributed by atoms with van der Waals surface area (Å²) in [5.74, 6) is 0.451. The van der Waals surface area contributed by atoms with Crippen LogP contribution in [0.25, 0.3) is 0 Å². The fourth-order valence-corrected chi connectivity index (χ4v) is 1.07. The van der Waals surface area contributed by atoms with E-state index in [0.717, 1.165) is 5.01 Å². The van der Waals surface area contributed by atoms with Gasteiger partial charge in [0.05, 0.1) is 5.01 Å². The first kappa shape index (κ1) is 9.23. The van der Waals surface area contributed by atoms with Crippen LogP contribution in [0.1, 0.15) is 18.9 Å². The van der Waals surface area contributed by atoms with Crippen LogP contribution in [0.2, 0.25) is 0 Å². The van der Waals surface area contributed by atoms with Crippen LogP contribution in [0, 0.1) is 6.92 Å². The molecule has 0 aromatic carbocycles. The molecule has 1 rings (SSSR count). The number of aryl methyl sites for hydroxylation is 1. The van der Waals surface area contributed by atoms with Gasteiger partial charge in [0.2, 0.25) is 0 Å². The van der Waals surface area contributed by atoms with E-state index >= 15 is 0 Å². The third-order valence-corrected chi connectivity index (χ3v) is 1.60. The molecule has 0 amide bonds. The predicted octanol–water partition coefficient (Wildman–Crippen LogP) is 1.64. The van der Waals surface area contributed by atoms with Crippen LogP contribution in [0.4, 0.5) is 10.8 Å². The zero-order valence-corrected chi connectivity index (χ0v) is 7.33. The molecule has 1 aromatic heterocycles. The van der Waals surface area contributed by atoms with Crippen LogP contribution in [-0.4, -0.2) is 4.98 Å². The molecule has 58 valence electrons. The van der Waals surface area contributed by atoms with Gasteiger partial charge in [0, 0.05) is 0 Å². The van der Waals surface area contributed by atoms with E-state index in [4.69, 9.17) is 11.5 Å². The molecule has 1 aromatic rings. The number of hydrogen-bond donors (Lipinski definition) is 2. The second-order valence-corrected chi connectivity index (χ2v) is 2.72. The van der Waals surface area contributed by atoms with Crippen molar-refractivity contribution in [2.75, 3.05) is 11.5 Å². The van der Waals surface area contributed by atoms with E-state index < -0.39 is 0 Å². The molecule has 0 aliphatic heterocycles. The van der Waals surface area contributed by atoms with Gasteiger partial charge in [0.15, 0.2) is 5.82 Å². The van der Waals surface area contributed by atoms with Crippen molar-refractivity contribution in [3.05, 3.63) is 5.01 Å². The van der Waals surface area contributed by atoms with Crippen LogP contribution in [-0.2, 0) is 0 Å². The molecule has 10 heavy (non-hydrogen) atoms. The molecule has 0 saturated carbocycles. The summed E-state index contributed by atoms with van der Waals surface area (Å²) in [6.45, 7) is 5.87. The predicted molar refractivity (Wildman–Crippen MR) is 47.0 cm³/mol. The summed E-state index contributed by atoms with van der Waals surface area (Å²) in [5.41, 5.74) is 10.7. The van der Waals surface area contributed by atoms with Gasteiger partial charge in [-0.2, -0.15) is 0 Å². The van der Waals surface area contributed by atoms with E-state index in [2.05, 4.69) is 4.98 Å². The number of aromatic nitrogens is 1. The zero-order chi connectivity index (χ0) is 8.15. The third kappa shape index (κ3) is 2.23. The molecule has 0 saturated heterocycles. The monoisotopic (exact) mass is 159 g/mol. The Labute approximate surface area is 65.1 Å². The Balaban J connectivity index is 0.000000371. The number of nitrogens with zero attached hydrogens (tertiary/aromatic N) is 1. The van der Waals surface area contributed by atoms with Crippen molar-refractivity contribution in [2.24, 2.45) is 0 Å². The van der Waals surface area contributed by atoms with Gasteiger partial charge in [-0.15, -0.1) is 11.3 Å². The van der Waals surface area contributed by atoms with Crippen LogP contribution in [0.15, 0.2) is 0 Å². The average molecular weight is 159 g/mol. The van der Waals surface area contributed by atoms with Gasteiger partial charge in [-0.3, -0.25) is 0 Å². The molecule has 0 aliphatic carbocycles. The number of hydrogen-bond acceptors (Lipinski definition) is 4. The van der Waals surface area contributed by atoms with E-state index in [1.807, 2.05) is 20.8 Å². The highest BCUT2D eigenvalue weighted by Crippen LogP contribution is 2.21. The van der Waals surface area contributed by atoms with Crippen molar-refractivity contribution in [3.8, 4) is 0 Å². The maximum Gasteiger partial charge on any atom is 0.158 e. The van der Waals surface area contributed by atoms with Crippen molar-refractivity contribution in [1.29, 1.82) is 0 Å². The summed E-state index contributed by atoms with van der Waals surface area (Å²) in [5, 5.41) is 1.53. The lowest BCUT2D eigenvalue weighted by atomic mass is 10.7. The second-order valence-electron chi connectivity index (χ2n) is 1.48. The maximum atomic E-state index is 5.37. The summed E-state index contributed by atoms with van der Waals surface area (Å²) < 4.78 is 0. The molecule has 1 heterocycles. The highest BCUT2D eigenvalue weighted by atomic mass is 32.1. The van der Waals surface area contributed by atoms with Gasteiger partial charge in [-0.25, -0.2) is 4.98 Å². The Kier molecular flexibility index (Phi) is 3.79. The van der Waals surface area contributed by atoms with Crippen molar-refractivity contribution in [2.45, 2.75) is 20.8 Å². The number of rotatable bonds is 0. The standard InChI is InChI=1S/C4H7N3S.C2H6/c1-2-7-3(5)4(6)8-2;1-2/h5-6H2,1H3;1-2H3. The van der Waals surface area contributed by atoms with Crippen molar-refractivity contribution in [1.82, 2.24) is 4.98 Å². The number of anilines is 2. The smallest absolute Gasteiger partial charge is 0.158 e. The molecule has 0 spiro atoms. The first-order valence-corrected chi connectivity index (χ1v) is 4.00. The molecular weight excluding hydrogens is 146 g/mol. The van der Waals surface area contributed by atoms with Crippen LogP contribution < -0.4 is 11.5 Å². The van der Waals surface area contributed by atoms with Gasteiger partial charge >= 0.3 is 0 Å². The van der Waals surface area contributed by atoms with E-state index in [-0.39, 0.29) is 0 Å². The van der Waals surface area contributed by atoms with Crippen molar-refractivity contribution >= 4 is 22.2 Å². The first-order chi connectivity index (χ1) is 4.70. The molecule has 0 atom stereocenters. The Morgan fingerprint density at radius 1 is 1.30 bits per heavy atom. The Hall–Kier alpha value is -0.770. The number of nitrogens with two attached hydrogens (primary N) is 2. The van der Waals surface area contributed by atoms with Gasteiger partial charge in [-0.05, 0) is 6.92 Å². The fourth-order valence-electron chi connectivity index (χ4n) is 0.459. The number of thiazole rings is 1. The molecule has 0 bridgehead atoms. The fraction of sp³-hybridized carbons (Fsp3) is 0.500. The minimum absolute atomic E-state index is 0.451. The highest BCUT2D eigenvalue weighted by molar-refractivity contribution is 7.16. The molecular formula is C6H13N3S. The Morgan fingerprint density at radius 2 is 1.80 bits per heavy atom. The minimum atomic E-state index is 0.451. The molecule has 0 aliphatic rings.